The summed E-state index contributed by atoms with van der Waals surface area (Å²) in [7, 11) is -1.47. The van der Waals surface area contributed by atoms with Gasteiger partial charge in [-0.05, 0) is 59.8 Å². The first-order valence-corrected chi connectivity index (χ1v) is 14.4. The number of aromatic nitrogens is 1. The summed E-state index contributed by atoms with van der Waals surface area (Å²) in [6.07, 6.45) is -0.576. The van der Waals surface area contributed by atoms with Gasteiger partial charge >= 0.3 is 0 Å². The zero-order valence-electron chi connectivity index (χ0n) is 21.0. The number of pyridine rings is 1. The molecule has 1 amide bonds. The number of hydrogen-bond donors (Lipinski definition) is 4. The average molecular weight is 712 g/mol. The Morgan fingerprint density at radius 2 is 1.90 bits per heavy atom. The Morgan fingerprint density at radius 3 is 2.50 bits per heavy atom. The molecule has 0 saturated heterocycles. The van der Waals surface area contributed by atoms with E-state index in [0.29, 0.717) is 3.57 Å². The molecule has 3 aromatic rings. The molecule has 1 aliphatic carbocycles. The van der Waals surface area contributed by atoms with Crippen molar-refractivity contribution in [3.05, 3.63) is 72.3 Å². The summed E-state index contributed by atoms with van der Waals surface area (Å²) >= 11 is 8.29. The molecule has 0 spiro atoms. The first-order chi connectivity index (χ1) is 18.6. The van der Waals surface area contributed by atoms with Crippen molar-refractivity contribution in [1.82, 2.24) is 14.6 Å². The van der Waals surface area contributed by atoms with Crippen LogP contribution >= 0.6 is 34.2 Å². The molecular weight excluding hydrogens is 690 g/mol. The Morgan fingerprint density at radius 1 is 1.23 bits per heavy atom. The number of ether oxygens (including phenoxy) is 1. The first-order valence-electron chi connectivity index (χ1n) is 11.5. The van der Waals surface area contributed by atoms with Crippen LogP contribution in [0.5, 0.6) is 11.5 Å². The van der Waals surface area contributed by atoms with Gasteiger partial charge < -0.3 is 15.4 Å². The van der Waals surface area contributed by atoms with Gasteiger partial charge in [-0.15, -0.1) is 0 Å². The summed E-state index contributed by atoms with van der Waals surface area (Å²) in [6.45, 7) is 1.34. The number of halogens is 5. The second-order valence-electron chi connectivity index (χ2n) is 8.81. The molecule has 1 fully saturated rings. The largest absolute Gasteiger partial charge is 0.454 e. The van der Waals surface area contributed by atoms with Crippen LogP contribution in [0.25, 0.3) is 0 Å². The van der Waals surface area contributed by atoms with E-state index in [1.165, 1.54) is 51.4 Å². The molecule has 1 aromatic heterocycles. The van der Waals surface area contributed by atoms with Gasteiger partial charge in [0.25, 0.3) is 27.6 Å². The minimum atomic E-state index is -3.97. The van der Waals surface area contributed by atoms with Gasteiger partial charge in [-0.25, -0.2) is 17.9 Å². The lowest BCUT2D eigenvalue weighted by molar-refractivity contribution is 0.0847. The number of rotatable bonds is 9. The predicted molar refractivity (Wildman–Crippen MR) is 153 cm³/mol. The van der Waals surface area contributed by atoms with Crippen LogP contribution in [-0.4, -0.2) is 37.9 Å². The van der Waals surface area contributed by atoms with Crippen LogP contribution in [0.4, 0.5) is 30.4 Å². The maximum Gasteiger partial charge on any atom is 0.298 e. The minimum Gasteiger partial charge on any atom is -0.454 e. The predicted octanol–water partition coefficient (Wildman–Crippen LogP) is 4.64. The molecule has 0 unspecified atom stereocenters. The lowest BCUT2D eigenvalue weighted by atomic mass is 10.1. The second-order valence-corrected chi connectivity index (χ2v) is 12.1. The number of carbonyl (C=O) groups is 1. The molecule has 1 saturated carbocycles. The number of hydrogen-bond acceptors (Lipinski definition) is 6. The third-order valence-electron chi connectivity index (χ3n) is 6.00. The number of benzene rings is 2. The summed E-state index contributed by atoms with van der Waals surface area (Å²) in [5.74, 6) is -5.58. The average Bonchev–Trinajstić information content (AvgIpc) is 3.49. The number of carbonyl (C=O) groups excluding carboxylic acids is 1. The number of anilines is 3. The smallest absolute Gasteiger partial charge is 0.298 e. The highest BCUT2D eigenvalue weighted by Gasteiger charge is 2.58. The molecule has 4 N–H and O–H groups in total. The van der Waals surface area contributed by atoms with Gasteiger partial charge in [0, 0.05) is 24.1 Å². The normalized spacial score (nSPS) is 15.8. The number of amides is 1. The van der Waals surface area contributed by atoms with Crippen molar-refractivity contribution in [2.24, 2.45) is 7.05 Å². The Balaban J connectivity index is 1.88. The molecule has 1 aliphatic rings. The topological polar surface area (TPSA) is 131 Å². The van der Waals surface area contributed by atoms with E-state index in [2.05, 4.69) is 20.1 Å². The number of nitrogens with zero attached hydrogens (tertiary/aromatic N) is 1. The highest BCUT2D eigenvalue weighted by atomic mass is 127. The van der Waals surface area contributed by atoms with E-state index in [1.807, 2.05) is 22.6 Å². The zero-order valence-corrected chi connectivity index (χ0v) is 24.8. The fourth-order valence-corrected chi connectivity index (χ4v) is 4.97. The monoisotopic (exact) mass is 711 g/mol. The van der Waals surface area contributed by atoms with Crippen molar-refractivity contribution in [1.29, 1.82) is 0 Å². The van der Waals surface area contributed by atoms with Crippen molar-refractivity contribution in [2.45, 2.75) is 25.3 Å². The molecule has 4 rings (SSSR count). The Bertz CT molecular complexity index is 1690. The van der Waals surface area contributed by atoms with Crippen LogP contribution in [0.3, 0.4) is 0 Å². The second kappa shape index (κ2) is 11.1. The zero-order chi connectivity index (χ0) is 29.6. The standard InChI is InChI=1S/C24H22ClF3IN5O5S/c1-11-20(39-16-6-4-5-15(19(16)25)33-40(37,38)30-2)18(22(35)32-17-10-24(17,27)28)21(34(3)23(11)36)31-14-8-7-12(29)9-13(14)26/h4-9,17,30-31,33H,10H2,1-3H3,(H,32,35)/t17-/m0/s1. The van der Waals surface area contributed by atoms with Gasteiger partial charge in [0.1, 0.15) is 28.0 Å². The Kier molecular flexibility index (Phi) is 8.31. The molecule has 10 nitrogen and oxygen atoms in total. The molecule has 0 aliphatic heterocycles. The summed E-state index contributed by atoms with van der Waals surface area (Å²) in [6, 6.07) is 6.82. The summed E-state index contributed by atoms with van der Waals surface area (Å²) in [4.78, 5) is 26.6. The molecule has 0 bridgehead atoms. The van der Waals surface area contributed by atoms with Gasteiger partial charge in [0.15, 0.2) is 5.75 Å². The van der Waals surface area contributed by atoms with Gasteiger partial charge in [-0.3, -0.25) is 18.9 Å². The van der Waals surface area contributed by atoms with E-state index in [1.54, 1.807) is 6.07 Å². The van der Waals surface area contributed by atoms with E-state index < -0.39 is 45.9 Å². The van der Waals surface area contributed by atoms with Crippen LogP contribution in [0, 0.1) is 16.3 Å². The summed E-state index contributed by atoms with van der Waals surface area (Å²) in [5, 5.41) is 4.71. The minimum absolute atomic E-state index is 0.0852. The molecule has 214 valence electrons. The van der Waals surface area contributed by atoms with Crippen LogP contribution < -0.4 is 30.4 Å². The van der Waals surface area contributed by atoms with Crippen molar-refractivity contribution >= 4 is 67.5 Å². The SMILES string of the molecule is CNS(=O)(=O)Nc1cccc(Oc2c(C(=O)N[C@H]3CC3(F)F)c(Nc3ccc(I)cc3F)n(C)c(=O)c2C)c1Cl. The molecule has 16 heteroatoms. The van der Waals surface area contributed by atoms with Crippen LogP contribution in [0.2, 0.25) is 5.02 Å². The molecule has 1 heterocycles. The van der Waals surface area contributed by atoms with E-state index in [0.717, 1.165) is 4.57 Å². The highest BCUT2D eigenvalue weighted by molar-refractivity contribution is 14.1. The third kappa shape index (κ3) is 6.16. The van der Waals surface area contributed by atoms with Crippen LogP contribution in [0.15, 0.2) is 41.2 Å². The molecule has 1 atom stereocenters. The van der Waals surface area contributed by atoms with E-state index in [9.17, 15) is 31.2 Å². The number of nitrogens with one attached hydrogen (secondary N) is 4. The lowest BCUT2D eigenvalue weighted by Crippen LogP contribution is -2.33. The van der Waals surface area contributed by atoms with Crippen LogP contribution in [0.1, 0.15) is 22.3 Å². The quantitative estimate of drug-likeness (QED) is 0.240. The molecule has 40 heavy (non-hydrogen) atoms. The van der Waals surface area contributed by atoms with E-state index in [4.69, 9.17) is 16.3 Å². The van der Waals surface area contributed by atoms with E-state index in [-0.39, 0.29) is 44.8 Å². The Hall–Kier alpha value is -3.02. The molecule has 0 radical (unpaired) electrons. The first kappa shape index (κ1) is 30.0. The van der Waals surface area contributed by atoms with Gasteiger partial charge in [0.2, 0.25) is 0 Å². The van der Waals surface area contributed by atoms with Crippen molar-refractivity contribution in [2.75, 3.05) is 17.1 Å². The summed E-state index contributed by atoms with van der Waals surface area (Å²) < 4.78 is 77.9. The number of alkyl halides is 2. The fraction of sp³-hybridized carbons (Fsp3) is 0.250. The van der Waals surface area contributed by atoms with Gasteiger partial charge in [0.05, 0.1) is 23.0 Å². The van der Waals surface area contributed by atoms with Crippen molar-refractivity contribution in [3.63, 3.8) is 0 Å². The van der Waals surface area contributed by atoms with E-state index >= 15 is 0 Å². The Labute approximate surface area is 245 Å². The molecular formula is C24H22ClF3IN5O5S. The highest BCUT2D eigenvalue weighted by Crippen LogP contribution is 2.43. The third-order valence-corrected chi connectivity index (χ3v) is 8.08. The van der Waals surface area contributed by atoms with Gasteiger partial charge in [-0.1, -0.05) is 17.7 Å². The van der Waals surface area contributed by atoms with Gasteiger partial charge in [-0.2, -0.15) is 8.42 Å². The van der Waals surface area contributed by atoms with Crippen LogP contribution in [-0.2, 0) is 17.3 Å². The van der Waals surface area contributed by atoms with Crippen molar-refractivity contribution < 1.29 is 31.1 Å². The maximum atomic E-state index is 14.7. The fourth-order valence-electron chi connectivity index (χ4n) is 3.69. The summed E-state index contributed by atoms with van der Waals surface area (Å²) in [5.41, 5.74) is -1.31. The maximum absolute atomic E-state index is 14.7. The lowest BCUT2D eigenvalue weighted by Gasteiger charge is -2.22. The molecule has 2 aromatic carbocycles. The van der Waals surface area contributed by atoms with Crippen molar-refractivity contribution in [3.8, 4) is 11.5 Å².